The summed E-state index contributed by atoms with van der Waals surface area (Å²) in [5, 5.41) is 0. The van der Waals surface area contributed by atoms with E-state index in [-0.39, 0.29) is 0 Å². The molecule has 0 saturated carbocycles. The van der Waals surface area contributed by atoms with E-state index >= 15 is 0 Å². The predicted molar refractivity (Wildman–Crippen MR) is 63.9 cm³/mol. The van der Waals surface area contributed by atoms with E-state index < -0.39 is 0 Å². The molecule has 4 nitrogen and oxygen atoms in total. The fourth-order valence-electron chi connectivity index (χ4n) is 0.872. The zero-order valence-corrected chi connectivity index (χ0v) is 8.30. The van der Waals surface area contributed by atoms with E-state index in [0.29, 0.717) is 5.82 Å². The quantitative estimate of drug-likeness (QED) is 0.565. The van der Waals surface area contributed by atoms with Gasteiger partial charge in [-0.25, -0.2) is 4.98 Å². The van der Waals surface area contributed by atoms with Gasteiger partial charge in [-0.3, -0.25) is 0 Å². The maximum Gasteiger partial charge on any atom is 0.123 e. The number of rotatable bonds is 0. The lowest BCUT2D eigenvalue weighted by atomic mass is 10.3. The van der Waals surface area contributed by atoms with Crippen LogP contribution in [0.2, 0.25) is 0 Å². The lowest BCUT2D eigenvalue weighted by Gasteiger charge is -1.90. The summed E-state index contributed by atoms with van der Waals surface area (Å²) >= 11 is 0. The molecule has 0 atom stereocenters. The van der Waals surface area contributed by atoms with Crippen molar-refractivity contribution in [1.29, 1.82) is 0 Å². The molecular weight excluding hydrogens is 188 g/mol. The molecule has 0 unspecified atom stereocenters. The molecule has 0 aliphatic rings. The first-order valence-electron chi connectivity index (χ1n) is 4.46. The fraction of sp³-hybridized carbons (Fsp3) is 0. The molecule has 78 valence electrons. The first-order valence-corrected chi connectivity index (χ1v) is 4.46. The van der Waals surface area contributed by atoms with E-state index in [4.69, 9.17) is 17.2 Å². The van der Waals surface area contributed by atoms with Crippen molar-refractivity contribution >= 4 is 17.2 Å². The van der Waals surface area contributed by atoms with E-state index in [1.54, 1.807) is 36.5 Å². The summed E-state index contributed by atoms with van der Waals surface area (Å²) < 4.78 is 0. The van der Waals surface area contributed by atoms with Crippen molar-refractivity contribution in [3.63, 3.8) is 0 Å². The van der Waals surface area contributed by atoms with Gasteiger partial charge in [0.1, 0.15) is 5.82 Å². The average molecular weight is 202 g/mol. The molecule has 1 heterocycles. The zero-order valence-electron chi connectivity index (χ0n) is 8.30. The number of pyridine rings is 1. The predicted octanol–water partition coefficient (Wildman–Crippen LogP) is 1.51. The first kappa shape index (κ1) is 10.8. The average Bonchev–Trinajstić information content (AvgIpc) is 2.25. The number of nitrogens with two attached hydrogens (primary N) is 3. The second-order valence-electron chi connectivity index (χ2n) is 2.92. The highest BCUT2D eigenvalue weighted by Crippen LogP contribution is 2.04. The molecule has 0 fully saturated rings. The monoisotopic (exact) mass is 202 g/mol. The van der Waals surface area contributed by atoms with Gasteiger partial charge in [0.25, 0.3) is 0 Å². The lowest BCUT2D eigenvalue weighted by molar-refractivity contribution is 1.34. The Morgan fingerprint density at radius 3 is 1.53 bits per heavy atom. The number of benzene rings is 1. The molecule has 0 spiro atoms. The second kappa shape index (κ2) is 5.49. The third-order valence-electron chi connectivity index (χ3n) is 1.62. The van der Waals surface area contributed by atoms with Crippen LogP contribution < -0.4 is 17.2 Å². The van der Waals surface area contributed by atoms with Gasteiger partial charge in [0.15, 0.2) is 0 Å². The largest absolute Gasteiger partial charge is 0.399 e. The third-order valence-corrected chi connectivity index (χ3v) is 1.62. The Morgan fingerprint density at radius 1 is 0.733 bits per heavy atom. The molecule has 4 heteroatoms. The maximum absolute atomic E-state index is 5.37. The smallest absolute Gasteiger partial charge is 0.123 e. The van der Waals surface area contributed by atoms with Crippen LogP contribution in [-0.2, 0) is 0 Å². The Hall–Kier alpha value is -2.23. The molecule has 0 amide bonds. The van der Waals surface area contributed by atoms with Crippen LogP contribution in [0.15, 0.2) is 48.7 Å². The topological polar surface area (TPSA) is 91.0 Å². The fourth-order valence-corrected chi connectivity index (χ4v) is 0.872. The number of nitrogens with zero attached hydrogens (tertiary/aromatic N) is 1. The highest BCUT2D eigenvalue weighted by atomic mass is 14.8. The summed E-state index contributed by atoms with van der Waals surface area (Å²) in [6.07, 6.45) is 1.66. The zero-order chi connectivity index (χ0) is 11.1. The second-order valence-corrected chi connectivity index (χ2v) is 2.92. The highest BCUT2D eigenvalue weighted by molar-refractivity contribution is 5.47. The van der Waals surface area contributed by atoms with Crippen molar-refractivity contribution in [2.24, 2.45) is 0 Å². The molecule has 1 aromatic carbocycles. The van der Waals surface area contributed by atoms with Gasteiger partial charge in [-0.2, -0.15) is 0 Å². The number of hydrogen-bond donors (Lipinski definition) is 3. The summed E-state index contributed by atoms with van der Waals surface area (Å²) in [5.74, 6) is 0.572. The molecule has 1 aromatic heterocycles. The van der Waals surface area contributed by atoms with Crippen molar-refractivity contribution in [2.75, 3.05) is 17.2 Å². The molecule has 15 heavy (non-hydrogen) atoms. The SMILES string of the molecule is Nc1ccc(N)cc1.Nc1ccccn1. The van der Waals surface area contributed by atoms with Gasteiger partial charge in [-0.05, 0) is 36.4 Å². The van der Waals surface area contributed by atoms with E-state index in [0.717, 1.165) is 11.4 Å². The maximum atomic E-state index is 5.37. The third kappa shape index (κ3) is 4.52. The molecule has 6 N–H and O–H groups in total. The summed E-state index contributed by atoms with van der Waals surface area (Å²) in [6, 6.07) is 12.5. The molecule has 0 aliphatic heterocycles. The van der Waals surface area contributed by atoms with Gasteiger partial charge in [-0.15, -0.1) is 0 Å². The van der Waals surface area contributed by atoms with Crippen molar-refractivity contribution < 1.29 is 0 Å². The summed E-state index contributed by atoms with van der Waals surface area (Å²) in [4.78, 5) is 3.76. The number of aromatic nitrogens is 1. The van der Waals surface area contributed by atoms with Crippen LogP contribution in [0.25, 0.3) is 0 Å². The Bertz CT molecular complexity index is 362. The van der Waals surface area contributed by atoms with Crippen LogP contribution in [0.5, 0.6) is 0 Å². The van der Waals surface area contributed by atoms with Gasteiger partial charge in [0, 0.05) is 17.6 Å². The van der Waals surface area contributed by atoms with Crippen molar-refractivity contribution in [3.8, 4) is 0 Å². The van der Waals surface area contributed by atoms with Crippen molar-refractivity contribution in [3.05, 3.63) is 48.7 Å². The molecular formula is C11H14N4. The molecule has 2 rings (SSSR count). The van der Waals surface area contributed by atoms with Crippen LogP contribution in [0, 0.1) is 0 Å². The van der Waals surface area contributed by atoms with Crippen LogP contribution in [-0.4, -0.2) is 4.98 Å². The Kier molecular flexibility index (Phi) is 3.97. The number of hydrogen-bond acceptors (Lipinski definition) is 4. The minimum Gasteiger partial charge on any atom is -0.399 e. The highest BCUT2D eigenvalue weighted by Gasteiger charge is 1.80. The van der Waals surface area contributed by atoms with Crippen LogP contribution >= 0.6 is 0 Å². The summed E-state index contributed by atoms with van der Waals surface area (Å²) in [6.45, 7) is 0. The first-order chi connectivity index (χ1) is 7.18. The van der Waals surface area contributed by atoms with Gasteiger partial charge < -0.3 is 17.2 Å². The van der Waals surface area contributed by atoms with Crippen LogP contribution in [0.1, 0.15) is 0 Å². The van der Waals surface area contributed by atoms with E-state index in [1.807, 2.05) is 12.1 Å². The minimum atomic E-state index is 0.572. The van der Waals surface area contributed by atoms with Gasteiger partial charge in [-0.1, -0.05) is 6.07 Å². The Labute approximate surface area is 88.7 Å². The van der Waals surface area contributed by atoms with Crippen molar-refractivity contribution in [2.45, 2.75) is 0 Å². The van der Waals surface area contributed by atoms with E-state index in [2.05, 4.69) is 4.98 Å². The molecule has 2 aromatic rings. The normalized spacial score (nSPS) is 8.80. The lowest BCUT2D eigenvalue weighted by Crippen LogP contribution is -1.86. The molecule has 0 radical (unpaired) electrons. The summed E-state index contributed by atoms with van der Waals surface area (Å²) in [5.41, 5.74) is 17.5. The van der Waals surface area contributed by atoms with Crippen molar-refractivity contribution in [1.82, 2.24) is 4.98 Å². The van der Waals surface area contributed by atoms with Gasteiger partial charge >= 0.3 is 0 Å². The van der Waals surface area contributed by atoms with Crippen LogP contribution in [0.3, 0.4) is 0 Å². The van der Waals surface area contributed by atoms with Crippen LogP contribution in [0.4, 0.5) is 17.2 Å². The minimum absolute atomic E-state index is 0.572. The number of anilines is 3. The Balaban J connectivity index is 0.000000151. The van der Waals surface area contributed by atoms with E-state index in [1.165, 1.54) is 0 Å². The molecule has 0 aliphatic carbocycles. The van der Waals surface area contributed by atoms with E-state index in [9.17, 15) is 0 Å². The molecule has 0 saturated heterocycles. The Morgan fingerprint density at radius 2 is 1.27 bits per heavy atom. The molecule has 0 bridgehead atoms. The summed E-state index contributed by atoms with van der Waals surface area (Å²) in [7, 11) is 0. The van der Waals surface area contributed by atoms with Gasteiger partial charge in [0.2, 0.25) is 0 Å². The standard InChI is InChI=1S/C6H8N2.C5H6N2/c7-5-1-2-6(8)4-3-5;6-5-3-1-2-4-7-5/h1-4H,7-8H2;1-4H,(H2,6,7). The number of nitrogen functional groups attached to an aromatic ring is 3. The van der Waals surface area contributed by atoms with Gasteiger partial charge in [0.05, 0.1) is 0 Å².